The second kappa shape index (κ2) is 16.6. The molecule has 0 saturated carbocycles. The average Bonchev–Trinajstić information content (AvgIpc) is 1.90. The number of rotatable bonds is 0. The Hall–Kier alpha value is -0.860. The van der Waals surface area contributed by atoms with Crippen molar-refractivity contribution in [2.45, 2.75) is 48.0 Å². The van der Waals surface area contributed by atoms with E-state index >= 15 is 0 Å². The Morgan fingerprint density at radius 2 is 1.17 bits per heavy atom. The molecule has 0 rings (SSSR count). The van der Waals surface area contributed by atoms with E-state index in [1.807, 2.05) is 19.2 Å². The third kappa shape index (κ3) is 61.4. The van der Waals surface area contributed by atoms with E-state index in [4.69, 9.17) is 0 Å². The molecule has 1 N–H and O–H groups in total. The molecule has 0 aromatic carbocycles. The van der Waals surface area contributed by atoms with Gasteiger partial charge in [-0.15, -0.1) is 0 Å². The van der Waals surface area contributed by atoms with Crippen molar-refractivity contribution in [2.75, 3.05) is 0 Å². The summed E-state index contributed by atoms with van der Waals surface area (Å²) >= 11 is 0. The van der Waals surface area contributed by atoms with Crippen LogP contribution in [0.15, 0.2) is 0 Å². The van der Waals surface area contributed by atoms with Crippen molar-refractivity contribution in [3.63, 3.8) is 0 Å². The van der Waals surface area contributed by atoms with E-state index in [1.54, 1.807) is 0 Å². The van der Waals surface area contributed by atoms with Gasteiger partial charge in [0.05, 0.1) is 0 Å². The van der Waals surface area contributed by atoms with E-state index in [2.05, 4.69) is 13.8 Å². The van der Waals surface area contributed by atoms with Crippen LogP contribution in [0.5, 0.6) is 0 Å². The Kier molecular flexibility index (Phi) is 23.9. The van der Waals surface area contributed by atoms with Gasteiger partial charge in [-0.3, -0.25) is 14.9 Å². The second-order valence-electron chi connectivity index (χ2n) is 1.94. The third-order valence-electron chi connectivity index (χ3n) is 0.352. The maximum Gasteiger partial charge on any atom is 0.223 e. The van der Waals surface area contributed by atoms with Crippen molar-refractivity contribution in [3.8, 4) is 0 Å². The first-order valence-corrected chi connectivity index (χ1v) is 4.32. The van der Waals surface area contributed by atoms with Crippen LogP contribution in [0, 0.1) is 0 Å². The molecule has 0 bridgehead atoms. The lowest BCUT2D eigenvalue weighted by molar-refractivity contribution is -0.127. The fourth-order valence-electron chi connectivity index (χ4n) is 0.248. The minimum Gasteiger partial charge on any atom is -0.297 e. The first-order chi connectivity index (χ1) is 5.54. The summed E-state index contributed by atoms with van der Waals surface area (Å²) in [4.78, 5) is 19.8. The molecule has 0 fully saturated rings. The number of hydrogen-bond donors (Lipinski definition) is 1. The lowest BCUT2D eigenvalue weighted by atomic mass is 10.6. The van der Waals surface area contributed by atoms with Crippen LogP contribution >= 0.6 is 0 Å². The molecule has 0 aliphatic heterocycles. The highest BCUT2D eigenvalue weighted by Crippen LogP contribution is 1.58. The summed E-state index contributed by atoms with van der Waals surface area (Å²) < 4.78 is 0. The van der Waals surface area contributed by atoms with Crippen molar-refractivity contribution < 1.29 is 9.59 Å². The van der Waals surface area contributed by atoms with Crippen LogP contribution in [0.4, 0.5) is 0 Å². The summed E-state index contributed by atoms with van der Waals surface area (Å²) in [7, 11) is 0. The number of carbonyl (C=O) groups is 2. The maximum atomic E-state index is 9.92. The van der Waals surface area contributed by atoms with Crippen LogP contribution in [-0.2, 0) is 9.59 Å². The summed E-state index contributed by atoms with van der Waals surface area (Å²) in [6, 6.07) is 0. The van der Waals surface area contributed by atoms with Gasteiger partial charge < -0.3 is 0 Å². The Balaban J connectivity index is -0.000000137. The molecule has 3 heteroatoms. The molecule has 0 aromatic rings. The molecular formula is C9H21NO2. The van der Waals surface area contributed by atoms with E-state index in [0.717, 1.165) is 0 Å². The van der Waals surface area contributed by atoms with Crippen LogP contribution < -0.4 is 5.32 Å². The molecule has 0 radical (unpaired) electrons. The molecular weight excluding hydrogens is 154 g/mol. The predicted molar refractivity (Wildman–Crippen MR) is 51.8 cm³/mol. The Morgan fingerprint density at radius 1 is 1.00 bits per heavy atom. The summed E-state index contributed by atoms with van der Waals surface area (Å²) in [5, 5.41) is 2.03. The number of imide groups is 1. The fraction of sp³-hybridized carbons (Fsp3) is 0.778. The Labute approximate surface area is 75.5 Å². The van der Waals surface area contributed by atoms with Gasteiger partial charge in [0.2, 0.25) is 11.8 Å². The average molecular weight is 175 g/mol. The number of carbonyl (C=O) groups excluding carboxylic acids is 2. The van der Waals surface area contributed by atoms with Crippen LogP contribution in [0.2, 0.25) is 0 Å². The van der Waals surface area contributed by atoms with E-state index < -0.39 is 0 Å². The quantitative estimate of drug-likeness (QED) is 0.613. The SMILES string of the molecule is CC.CC(=O)NC(C)=O.CCC. The summed E-state index contributed by atoms with van der Waals surface area (Å²) in [6.07, 6.45) is 1.25. The summed E-state index contributed by atoms with van der Waals surface area (Å²) in [5.74, 6) is -0.625. The predicted octanol–water partition coefficient (Wildman–Crippen LogP) is 2.11. The summed E-state index contributed by atoms with van der Waals surface area (Å²) in [6.45, 7) is 10.8. The van der Waals surface area contributed by atoms with E-state index in [9.17, 15) is 9.59 Å². The lowest BCUT2D eigenvalue weighted by Crippen LogP contribution is -2.24. The molecule has 0 unspecified atom stereocenters. The van der Waals surface area contributed by atoms with Gasteiger partial charge in [-0.1, -0.05) is 34.1 Å². The molecule has 12 heavy (non-hydrogen) atoms. The molecule has 0 spiro atoms. The molecule has 0 saturated heterocycles. The van der Waals surface area contributed by atoms with E-state index in [0.29, 0.717) is 0 Å². The minimum absolute atomic E-state index is 0.312. The van der Waals surface area contributed by atoms with Crippen LogP contribution in [-0.4, -0.2) is 11.8 Å². The van der Waals surface area contributed by atoms with Gasteiger partial charge in [0, 0.05) is 13.8 Å². The zero-order chi connectivity index (χ0) is 10.6. The molecule has 2 amide bonds. The molecule has 0 aliphatic carbocycles. The van der Waals surface area contributed by atoms with Crippen LogP contribution in [0.25, 0.3) is 0 Å². The van der Waals surface area contributed by atoms with Crippen molar-refractivity contribution in [1.29, 1.82) is 0 Å². The van der Waals surface area contributed by atoms with Gasteiger partial charge in [0.15, 0.2) is 0 Å². The zero-order valence-electron chi connectivity index (χ0n) is 9.02. The van der Waals surface area contributed by atoms with E-state index in [-0.39, 0.29) is 11.8 Å². The second-order valence-corrected chi connectivity index (χ2v) is 1.94. The molecule has 0 heterocycles. The van der Waals surface area contributed by atoms with Gasteiger partial charge in [-0.25, -0.2) is 0 Å². The molecule has 74 valence electrons. The minimum atomic E-state index is -0.312. The fourth-order valence-corrected chi connectivity index (χ4v) is 0.248. The lowest BCUT2D eigenvalue weighted by Gasteiger charge is -1.88. The van der Waals surface area contributed by atoms with Gasteiger partial charge >= 0.3 is 0 Å². The molecule has 3 nitrogen and oxygen atoms in total. The first-order valence-electron chi connectivity index (χ1n) is 4.32. The van der Waals surface area contributed by atoms with E-state index in [1.165, 1.54) is 20.3 Å². The van der Waals surface area contributed by atoms with Crippen molar-refractivity contribution in [2.24, 2.45) is 0 Å². The molecule has 0 aromatic heterocycles. The number of amides is 2. The molecule has 0 aliphatic rings. The van der Waals surface area contributed by atoms with Gasteiger partial charge in [0.1, 0.15) is 0 Å². The smallest absolute Gasteiger partial charge is 0.223 e. The monoisotopic (exact) mass is 175 g/mol. The highest BCUT2D eigenvalue weighted by Gasteiger charge is 1.90. The molecule has 0 atom stereocenters. The first kappa shape index (κ1) is 17.3. The third-order valence-corrected chi connectivity index (χ3v) is 0.352. The number of nitrogens with one attached hydrogen (secondary N) is 1. The largest absolute Gasteiger partial charge is 0.297 e. The van der Waals surface area contributed by atoms with Gasteiger partial charge in [-0.05, 0) is 0 Å². The standard InChI is InChI=1S/C4H7NO2.C3H8.C2H6/c1-3(6)5-4(2)7;1-3-2;1-2/h1-2H3,(H,5,6,7);3H2,1-2H3;1-2H3. The van der Waals surface area contributed by atoms with Crippen molar-refractivity contribution >= 4 is 11.8 Å². The maximum absolute atomic E-state index is 9.92. The van der Waals surface area contributed by atoms with Crippen molar-refractivity contribution in [1.82, 2.24) is 5.32 Å². The summed E-state index contributed by atoms with van der Waals surface area (Å²) in [5.41, 5.74) is 0. The van der Waals surface area contributed by atoms with Crippen molar-refractivity contribution in [3.05, 3.63) is 0 Å². The highest BCUT2D eigenvalue weighted by atomic mass is 16.2. The number of hydrogen-bond acceptors (Lipinski definition) is 2. The Bertz CT molecular complexity index is 99.1. The topological polar surface area (TPSA) is 46.2 Å². The van der Waals surface area contributed by atoms with Gasteiger partial charge in [-0.2, -0.15) is 0 Å². The van der Waals surface area contributed by atoms with Gasteiger partial charge in [0.25, 0.3) is 0 Å². The Morgan fingerprint density at radius 3 is 1.17 bits per heavy atom. The van der Waals surface area contributed by atoms with Crippen LogP contribution in [0.1, 0.15) is 48.0 Å². The van der Waals surface area contributed by atoms with Crippen LogP contribution in [0.3, 0.4) is 0 Å². The zero-order valence-corrected chi connectivity index (χ0v) is 9.02. The normalized spacial score (nSPS) is 6.50. The highest BCUT2D eigenvalue weighted by molar-refractivity contribution is 5.92.